The minimum absolute atomic E-state index is 0. The van der Waals surface area contributed by atoms with Crippen LogP contribution in [-0.2, 0) is 43.9 Å². The van der Waals surface area contributed by atoms with Crippen molar-refractivity contribution in [2.75, 3.05) is 0 Å². The van der Waals surface area contributed by atoms with E-state index in [4.69, 9.17) is 9.90 Å². The van der Waals surface area contributed by atoms with Crippen molar-refractivity contribution in [3.05, 3.63) is 90.6 Å². The number of aromatic nitrogens is 2. The molecule has 0 aliphatic rings. The van der Waals surface area contributed by atoms with E-state index in [1.54, 1.807) is 4.68 Å². The second kappa shape index (κ2) is 14.6. The van der Waals surface area contributed by atoms with Gasteiger partial charge in [-0.25, -0.2) is 0 Å². The fourth-order valence-corrected chi connectivity index (χ4v) is 2.24. The van der Waals surface area contributed by atoms with E-state index in [2.05, 4.69) is 18.2 Å². The van der Waals surface area contributed by atoms with E-state index in [0.29, 0.717) is 19.3 Å². The molecule has 2 aromatic carbocycles. The molecular weight excluding hydrogens is 491 g/mol. The van der Waals surface area contributed by atoms with Crippen molar-refractivity contribution in [1.29, 1.82) is 0 Å². The fraction of sp³-hybridized carbons (Fsp3) is 0.100. The van der Waals surface area contributed by atoms with Crippen LogP contribution in [0.5, 0.6) is 0 Å². The van der Waals surface area contributed by atoms with Gasteiger partial charge in [0.15, 0.2) is 5.78 Å². The Balaban J connectivity index is 0.00000127. The maximum absolute atomic E-state index is 12.1. The maximum Gasteiger partial charge on any atom is 1.00 e. The first kappa shape index (κ1) is 26.6. The van der Waals surface area contributed by atoms with Gasteiger partial charge in [0.1, 0.15) is 0 Å². The van der Waals surface area contributed by atoms with Crippen LogP contribution in [0, 0.1) is 13.1 Å². The number of benzene rings is 2. The molecule has 1 aromatic heterocycles. The molecule has 0 spiro atoms. The van der Waals surface area contributed by atoms with Gasteiger partial charge in [-0.15, -0.1) is 24.5 Å². The third-order valence-corrected chi connectivity index (χ3v) is 3.50. The Morgan fingerprint density at radius 3 is 2.33 bits per heavy atom. The van der Waals surface area contributed by atoms with Crippen LogP contribution in [0.4, 0.5) is 0 Å². The van der Waals surface area contributed by atoms with Crippen LogP contribution < -0.4 is 58.2 Å². The molecule has 0 aliphatic carbocycles. The average Bonchev–Trinajstić information content (AvgIpc) is 3.11. The van der Waals surface area contributed by atoms with Crippen LogP contribution in [0.1, 0.15) is 27.9 Å². The first-order valence-corrected chi connectivity index (χ1v) is 7.62. The third kappa shape index (κ3) is 9.07. The molecule has 0 atom stereocenters. The van der Waals surface area contributed by atoms with Gasteiger partial charge in [0.05, 0.1) is 0 Å². The van der Waals surface area contributed by atoms with E-state index in [1.807, 2.05) is 60.8 Å². The van der Waals surface area contributed by atoms with Crippen LogP contribution in [0.25, 0.3) is 5.69 Å². The molecule has 3 aromatic rings. The van der Waals surface area contributed by atoms with Gasteiger partial charge >= 0.3 is 58.2 Å². The van der Waals surface area contributed by atoms with Gasteiger partial charge in [-0.05, 0) is 17.7 Å². The number of hydrogen-bond acceptors (Lipinski definition) is 3. The summed E-state index contributed by atoms with van der Waals surface area (Å²) in [6, 6.07) is 17.2. The van der Waals surface area contributed by atoms with E-state index in [0.717, 1.165) is 22.4 Å². The monoisotopic (exact) mass is 507 g/mol. The number of Topliss-reactive ketones (excluding diaryl/α,β-unsaturated/α-hetero) is 1. The summed E-state index contributed by atoms with van der Waals surface area (Å²) in [5, 5.41) is 11.0. The molecule has 1 heterocycles. The largest absolute Gasteiger partial charge is 1.00 e. The number of carbonyl (C=O) groups excluding carboxylic acids is 1. The predicted octanol–water partition coefficient (Wildman–Crippen LogP) is 0.283. The summed E-state index contributed by atoms with van der Waals surface area (Å²) in [5.74, 6) is 0.126. The van der Waals surface area contributed by atoms with Gasteiger partial charge in [0.25, 0.3) is 0 Å². The second-order valence-corrected chi connectivity index (χ2v) is 5.26. The number of ketones is 1. The Morgan fingerprint density at radius 1 is 1.15 bits per heavy atom. The van der Waals surface area contributed by atoms with Gasteiger partial charge in [0, 0.05) is 44.8 Å². The van der Waals surface area contributed by atoms with Gasteiger partial charge in [-0.3, -0.25) is 4.79 Å². The van der Waals surface area contributed by atoms with Gasteiger partial charge in [-0.2, -0.15) is 30.2 Å². The molecule has 0 bridgehead atoms. The zero-order valence-electron chi connectivity index (χ0n) is 15.1. The van der Waals surface area contributed by atoms with E-state index in [9.17, 15) is 4.79 Å². The average molecular weight is 508 g/mol. The number of aliphatic hydroxyl groups excluding tert-OH is 1. The minimum atomic E-state index is 0. The Kier molecular flexibility index (Phi) is 14.3. The molecule has 0 aliphatic heterocycles. The molecule has 0 fully saturated rings. The molecule has 0 saturated carbocycles. The summed E-state index contributed by atoms with van der Waals surface area (Å²) in [5.41, 5.74) is 3.56. The molecule has 0 saturated heterocycles. The summed E-state index contributed by atoms with van der Waals surface area (Å²) < 4.78 is 1.78. The Morgan fingerprint density at radius 2 is 1.74 bits per heavy atom. The SMILES string of the molecule is O=[C-]O.[CH2-]c1ccc(C(=O)CCc2[c-]nn(-c3ccccc3)c2)cc1.[Rb+].[Y]. The topological polar surface area (TPSA) is 72.2 Å². The van der Waals surface area contributed by atoms with Gasteiger partial charge in [0.2, 0.25) is 0 Å². The van der Waals surface area contributed by atoms with E-state index >= 15 is 0 Å². The van der Waals surface area contributed by atoms with Crippen LogP contribution in [0.2, 0.25) is 0 Å². The molecule has 3 rings (SSSR count). The van der Waals surface area contributed by atoms with E-state index in [1.165, 1.54) is 0 Å². The molecule has 1 radical (unpaired) electrons. The van der Waals surface area contributed by atoms with Crippen molar-refractivity contribution in [1.82, 2.24) is 9.78 Å². The molecule has 27 heavy (non-hydrogen) atoms. The second-order valence-electron chi connectivity index (χ2n) is 5.26. The zero-order chi connectivity index (χ0) is 18.1. The van der Waals surface area contributed by atoms with Crippen molar-refractivity contribution in [2.45, 2.75) is 12.8 Å². The summed E-state index contributed by atoms with van der Waals surface area (Å²) in [6.45, 7) is 4.32. The van der Waals surface area contributed by atoms with Crippen LogP contribution in [-0.4, -0.2) is 27.1 Å². The van der Waals surface area contributed by atoms with Crippen LogP contribution >= 0.6 is 0 Å². The quantitative estimate of drug-likeness (QED) is 0.398. The van der Waals surface area contributed by atoms with E-state index in [-0.39, 0.29) is 96.7 Å². The summed E-state index contributed by atoms with van der Waals surface area (Å²) in [7, 11) is 0. The number of nitrogens with zero attached hydrogens (tertiary/aromatic N) is 2. The zero-order valence-corrected chi connectivity index (χ0v) is 22.9. The Labute approximate surface area is 233 Å². The molecule has 0 amide bonds. The molecule has 131 valence electrons. The molecular formula is C20H17N2O3RbY-2. The van der Waals surface area contributed by atoms with Gasteiger partial charge < -0.3 is 19.7 Å². The number of carbonyl (C=O) groups is 1. The van der Waals surface area contributed by atoms with E-state index < -0.39 is 0 Å². The minimum Gasteiger partial charge on any atom is -0.665 e. The van der Waals surface area contributed by atoms with Crippen molar-refractivity contribution in [2.24, 2.45) is 0 Å². The third-order valence-electron chi connectivity index (χ3n) is 3.50. The molecule has 0 unspecified atom stereocenters. The number of para-hydroxylation sites is 1. The molecule has 1 N–H and O–H groups in total. The maximum atomic E-state index is 12.1. The number of rotatable bonds is 5. The smallest absolute Gasteiger partial charge is 0.665 e. The normalized spacial score (nSPS) is 9.04. The Bertz CT molecular complexity index is 821. The summed E-state index contributed by atoms with van der Waals surface area (Å²) in [4.78, 5) is 20.4. The van der Waals surface area contributed by atoms with Crippen LogP contribution in [0.15, 0.2) is 60.8 Å². The predicted molar refractivity (Wildman–Crippen MR) is 94.3 cm³/mol. The van der Waals surface area contributed by atoms with Gasteiger partial charge in [-0.1, -0.05) is 31.1 Å². The first-order chi connectivity index (χ1) is 12.1. The van der Waals surface area contributed by atoms with Crippen molar-refractivity contribution in [3.63, 3.8) is 0 Å². The van der Waals surface area contributed by atoms with Crippen LogP contribution in [0.3, 0.4) is 0 Å². The Hall–Kier alpha value is -0.431. The fourth-order valence-electron chi connectivity index (χ4n) is 2.24. The number of aryl methyl sites for hydroxylation is 1. The summed E-state index contributed by atoms with van der Waals surface area (Å²) >= 11 is 0. The van der Waals surface area contributed by atoms with Crippen molar-refractivity contribution in [3.8, 4) is 5.69 Å². The van der Waals surface area contributed by atoms with Crippen molar-refractivity contribution >= 4 is 12.3 Å². The molecule has 5 nitrogen and oxygen atoms in total. The summed E-state index contributed by atoms with van der Waals surface area (Å²) in [6.07, 6.45) is 5.98. The van der Waals surface area contributed by atoms with Crippen molar-refractivity contribution < 1.29 is 106 Å². The number of hydrogen-bond donors (Lipinski definition) is 1. The first-order valence-electron chi connectivity index (χ1n) is 7.62. The molecule has 7 heteroatoms. The standard InChI is InChI=1S/C19H16N2O.CHO2.Rb.Y/c1-15-7-10-17(11-8-15)19(22)12-9-16-13-20-21(14-16)18-5-3-2-4-6-18;2-1-3;;/h2-8,10-11,14H,1,9,12H2;(H,2,3);;/q-2;-1;+1;.